The molecule has 22 heavy (non-hydrogen) atoms. The fraction of sp³-hybridized carbons (Fsp3) is 0.176. The van der Waals surface area contributed by atoms with Gasteiger partial charge in [0.2, 0.25) is 0 Å². The Bertz CT molecular complexity index is 682. The van der Waals surface area contributed by atoms with Crippen LogP contribution in [-0.2, 0) is 4.74 Å². The Hall–Kier alpha value is -2.82. The van der Waals surface area contributed by atoms with Crippen molar-refractivity contribution in [3.8, 4) is 5.75 Å². The van der Waals surface area contributed by atoms with Crippen molar-refractivity contribution in [1.29, 1.82) is 0 Å². The van der Waals surface area contributed by atoms with Gasteiger partial charge in [0.1, 0.15) is 5.75 Å². The van der Waals surface area contributed by atoms with Crippen molar-refractivity contribution in [2.45, 2.75) is 6.92 Å². The first-order valence-corrected chi connectivity index (χ1v) is 6.87. The van der Waals surface area contributed by atoms with Crippen LogP contribution in [0.4, 0.5) is 5.69 Å². The Morgan fingerprint density at radius 1 is 1.09 bits per heavy atom. The Morgan fingerprint density at radius 3 is 2.59 bits per heavy atom. The van der Waals surface area contributed by atoms with Crippen LogP contribution in [0.5, 0.6) is 5.75 Å². The number of methoxy groups -OCH3 is 1. The van der Waals surface area contributed by atoms with E-state index >= 15 is 0 Å². The number of para-hydroxylation sites is 1. The second kappa shape index (κ2) is 7.26. The van der Waals surface area contributed by atoms with Crippen molar-refractivity contribution < 1.29 is 19.1 Å². The van der Waals surface area contributed by atoms with Gasteiger partial charge in [-0.1, -0.05) is 18.2 Å². The SMILES string of the molecule is CCOC(=O)c1cccc(NC(=O)c2ccccc2OC)c1. The van der Waals surface area contributed by atoms with Crippen LogP contribution < -0.4 is 10.1 Å². The number of esters is 1. The van der Waals surface area contributed by atoms with Crippen molar-refractivity contribution in [2.24, 2.45) is 0 Å². The molecule has 0 saturated heterocycles. The lowest BCUT2D eigenvalue weighted by atomic mass is 10.1. The largest absolute Gasteiger partial charge is 0.496 e. The molecule has 0 atom stereocenters. The van der Waals surface area contributed by atoms with Gasteiger partial charge in [-0.15, -0.1) is 0 Å². The maximum Gasteiger partial charge on any atom is 0.338 e. The molecule has 1 amide bonds. The molecule has 0 fully saturated rings. The molecule has 0 bridgehead atoms. The molecule has 5 heteroatoms. The zero-order chi connectivity index (χ0) is 15.9. The Kier molecular flexibility index (Phi) is 5.14. The first-order chi connectivity index (χ1) is 10.7. The van der Waals surface area contributed by atoms with Crippen molar-refractivity contribution in [2.75, 3.05) is 19.0 Å². The van der Waals surface area contributed by atoms with E-state index in [1.165, 1.54) is 7.11 Å². The molecule has 0 aliphatic heterocycles. The standard InChI is InChI=1S/C17H17NO4/c1-3-22-17(20)12-7-6-8-13(11-12)18-16(19)14-9-4-5-10-15(14)21-2/h4-11H,3H2,1-2H3,(H,18,19). The van der Waals surface area contributed by atoms with Gasteiger partial charge in [-0.2, -0.15) is 0 Å². The molecule has 2 aromatic rings. The lowest BCUT2D eigenvalue weighted by Crippen LogP contribution is -2.13. The van der Waals surface area contributed by atoms with E-state index < -0.39 is 5.97 Å². The highest BCUT2D eigenvalue weighted by Gasteiger charge is 2.13. The lowest BCUT2D eigenvalue weighted by molar-refractivity contribution is 0.0526. The van der Waals surface area contributed by atoms with Gasteiger partial charge < -0.3 is 14.8 Å². The van der Waals surface area contributed by atoms with Gasteiger partial charge in [-0.3, -0.25) is 4.79 Å². The molecule has 114 valence electrons. The third kappa shape index (κ3) is 3.63. The fourth-order valence-corrected chi connectivity index (χ4v) is 1.97. The predicted molar refractivity (Wildman–Crippen MR) is 83.3 cm³/mol. The third-order valence-electron chi connectivity index (χ3n) is 2.98. The number of nitrogens with one attached hydrogen (secondary N) is 1. The second-order valence-electron chi connectivity index (χ2n) is 4.46. The summed E-state index contributed by atoms with van der Waals surface area (Å²) < 4.78 is 10.1. The van der Waals surface area contributed by atoms with Crippen LogP contribution in [-0.4, -0.2) is 25.6 Å². The van der Waals surface area contributed by atoms with E-state index in [1.54, 1.807) is 55.5 Å². The summed E-state index contributed by atoms with van der Waals surface area (Å²) in [6.45, 7) is 2.04. The number of carbonyl (C=O) groups excluding carboxylic acids is 2. The van der Waals surface area contributed by atoms with Crippen LogP contribution >= 0.6 is 0 Å². The molecule has 0 spiro atoms. The fourth-order valence-electron chi connectivity index (χ4n) is 1.97. The van der Waals surface area contributed by atoms with Crippen molar-refractivity contribution in [3.63, 3.8) is 0 Å². The Morgan fingerprint density at radius 2 is 1.86 bits per heavy atom. The number of carbonyl (C=O) groups is 2. The zero-order valence-corrected chi connectivity index (χ0v) is 12.5. The van der Waals surface area contributed by atoms with E-state index in [0.717, 1.165) is 0 Å². The Labute approximate surface area is 128 Å². The van der Waals surface area contributed by atoms with Gasteiger partial charge in [0, 0.05) is 5.69 Å². The molecule has 1 N–H and O–H groups in total. The van der Waals surface area contributed by atoms with Gasteiger partial charge in [-0.05, 0) is 37.3 Å². The quantitative estimate of drug-likeness (QED) is 0.862. The number of anilines is 1. The first kappa shape index (κ1) is 15.6. The highest BCUT2D eigenvalue weighted by Crippen LogP contribution is 2.19. The molecule has 2 rings (SSSR count). The topological polar surface area (TPSA) is 64.6 Å². The van der Waals surface area contributed by atoms with Crippen LogP contribution in [0.2, 0.25) is 0 Å². The highest BCUT2D eigenvalue weighted by atomic mass is 16.5. The van der Waals surface area contributed by atoms with Crippen molar-refractivity contribution in [3.05, 3.63) is 59.7 Å². The second-order valence-corrected chi connectivity index (χ2v) is 4.46. The van der Waals surface area contributed by atoms with E-state index in [2.05, 4.69) is 5.32 Å². The average Bonchev–Trinajstić information content (AvgIpc) is 2.55. The summed E-state index contributed by atoms with van der Waals surface area (Å²) in [5.74, 6) is -0.240. The van der Waals surface area contributed by atoms with Crippen molar-refractivity contribution >= 4 is 17.6 Å². The van der Waals surface area contributed by atoms with Crippen LogP contribution in [0.1, 0.15) is 27.6 Å². The summed E-state index contributed by atoms with van der Waals surface area (Å²) >= 11 is 0. The van der Waals surface area contributed by atoms with Crippen LogP contribution in [0.15, 0.2) is 48.5 Å². The lowest BCUT2D eigenvalue weighted by Gasteiger charge is -2.10. The monoisotopic (exact) mass is 299 g/mol. The molecule has 0 aliphatic rings. The summed E-state index contributed by atoms with van der Waals surface area (Å²) in [6.07, 6.45) is 0. The van der Waals surface area contributed by atoms with Gasteiger partial charge in [0.05, 0.1) is 24.8 Å². The molecular formula is C17H17NO4. The average molecular weight is 299 g/mol. The van der Waals surface area contributed by atoms with E-state index in [-0.39, 0.29) is 5.91 Å². The third-order valence-corrected chi connectivity index (χ3v) is 2.98. The summed E-state index contributed by atoms with van der Waals surface area (Å²) in [5, 5.41) is 2.74. The van der Waals surface area contributed by atoms with Gasteiger partial charge >= 0.3 is 5.97 Å². The zero-order valence-electron chi connectivity index (χ0n) is 12.5. The predicted octanol–water partition coefficient (Wildman–Crippen LogP) is 3.12. The number of hydrogen-bond donors (Lipinski definition) is 1. The summed E-state index contributed by atoms with van der Waals surface area (Å²) in [4.78, 5) is 24.0. The van der Waals surface area contributed by atoms with E-state index in [9.17, 15) is 9.59 Å². The van der Waals surface area contributed by atoms with E-state index in [0.29, 0.717) is 29.2 Å². The van der Waals surface area contributed by atoms with Gasteiger partial charge in [-0.25, -0.2) is 4.79 Å². The molecule has 0 heterocycles. The number of hydrogen-bond acceptors (Lipinski definition) is 4. The highest BCUT2D eigenvalue weighted by molar-refractivity contribution is 6.06. The summed E-state index contributed by atoms with van der Waals surface area (Å²) in [6, 6.07) is 13.5. The number of rotatable bonds is 5. The summed E-state index contributed by atoms with van der Waals surface area (Å²) in [5.41, 5.74) is 1.33. The molecule has 0 aromatic heterocycles. The smallest absolute Gasteiger partial charge is 0.338 e. The normalized spacial score (nSPS) is 9.91. The molecule has 5 nitrogen and oxygen atoms in total. The number of benzene rings is 2. The minimum Gasteiger partial charge on any atom is -0.496 e. The maximum absolute atomic E-state index is 12.3. The summed E-state index contributed by atoms with van der Waals surface area (Å²) in [7, 11) is 1.51. The van der Waals surface area contributed by atoms with Crippen molar-refractivity contribution in [1.82, 2.24) is 0 Å². The van der Waals surface area contributed by atoms with Gasteiger partial charge in [0.25, 0.3) is 5.91 Å². The maximum atomic E-state index is 12.3. The van der Waals surface area contributed by atoms with Crippen LogP contribution in [0.25, 0.3) is 0 Å². The van der Waals surface area contributed by atoms with E-state index in [1.807, 2.05) is 0 Å². The minimum absolute atomic E-state index is 0.302. The molecule has 2 aromatic carbocycles. The number of ether oxygens (including phenoxy) is 2. The first-order valence-electron chi connectivity index (χ1n) is 6.87. The van der Waals surface area contributed by atoms with E-state index in [4.69, 9.17) is 9.47 Å². The van der Waals surface area contributed by atoms with Crippen LogP contribution in [0.3, 0.4) is 0 Å². The molecule has 0 unspecified atom stereocenters. The van der Waals surface area contributed by atoms with Gasteiger partial charge in [0.15, 0.2) is 0 Å². The molecule has 0 saturated carbocycles. The minimum atomic E-state index is -0.420. The molecule has 0 aliphatic carbocycles. The van der Waals surface area contributed by atoms with Crippen LogP contribution in [0, 0.1) is 0 Å². The number of amides is 1. The Balaban J connectivity index is 2.18. The molecular weight excluding hydrogens is 282 g/mol. The molecule has 0 radical (unpaired) electrons.